The number of halogens is 4. The van der Waals surface area contributed by atoms with Crippen molar-refractivity contribution in [2.75, 3.05) is 59.0 Å². The van der Waals surface area contributed by atoms with Gasteiger partial charge in [-0.3, -0.25) is 9.69 Å². The molecule has 0 spiro atoms. The minimum Gasteiger partial charge on any atom is -0.372 e. The van der Waals surface area contributed by atoms with E-state index in [9.17, 15) is 18.0 Å². The monoisotopic (exact) mass is 373 g/mol. The number of hydrogen-bond donors (Lipinski definition) is 1. The molecular formula is C15H27ClF3N3O2. The molecule has 0 unspecified atom stereocenters. The Morgan fingerprint density at radius 3 is 2.42 bits per heavy atom. The Balaban J connectivity index is 0.00000288. The second-order valence-corrected chi connectivity index (χ2v) is 6.32. The molecule has 24 heavy (non-hydrogen) atoms. The van der Waals surface area contributed by atoms with E-state index in [1.807, 2.05) is 4.90 Å². The Labute approximate surface area is 147 Å². The van der Waals surface area contributed by atoms with Gasteiger partial charge in [-0.2, -0.15) is 13.2 Å². The molecule has 0 aromatic carbocycles. The summed E-state index contributed by atoms with van der Waals surface area (Å²) in [4.78, 5) is 16.0. The Morgan fingerprint density at radius 1 is 1.17 bits per heavy atom. The SMILES string of the molecule is Cl.O=C(CNCC1CC1)N1CCN(CCCOCC(F)(F)F)CC1. The maximum Gasteiger partial charge on any atom is 0.411 e. The van der Waals surface area contributed by atoms with Crippen molar-refractivity contribution in [1.82, 2.24) is 15.1 Å². The van der Waals surface area contributed by atoms with Crippen molar-refractivity contribution in [3.8, 4) is 0 Å². The van der Waals surface area contributed by atoms with Crippen LogP contribution < -0.4 is 5.32 Å². The summed E-state index contributed by atoms with van der Waals surface area (Å²) in [6.07, 6.45) is -1.13. The summed E-state index contributed by atoms with van der Waals surface area (Å²) < 4.78 is 40.3. The Morgan fingerprint density at radius 2 is 1.83 bits per heavy atom. The highest BCUT2D eigenvalue weighted by Crippen LogP contribution is 2.27. The third-order valence-corrected chi connectivity index (χ3v) is 4.16. The maximum atomic E-state index is 12.0. The molecule has 0 atom stereocenters. The molecular weight excluding hydrogens is 347 g/mol. The van der Waals surface area contributed by atoms with Gasteiger partial charge in [0.05, 0.1) is 6.54 Å². The van der Waals surface area contributed by atoms with Gasteiger partial charge in [0.15, 0.2) is 0 Å². The van der Waals surface area contributed by atoms with E-state index in [0.29, 0.717) is 32.6 Å². The molecule has 1 heterocycles. The van der Waals surface area contributed by atoms with Crippen molar-refractivity contribution >= 4 is 18.3 Å². The van der Waals surface area contributed by atoms with Crippen LogP contribution in [-0.4, -0.2) is 80.9 Å². The minimum absolute atomic E-state index is 0. The first-order valence-electron chi connectivity index (χ1n) is 8.29. The van der Waals surface area contributed by atoms with Crippen LogP contribution in [-0.2, 0) is 9.53 Å². The number of piperazine rings is 1. The molecule has 142 valence electrons. The number of carbonyl (C=O) groups excluding carboxylic acids is 1. The lowest BCUT2D eigenvalue weighted by Gasteiger charge is -2.34. The van der Waals surface area contributed by atoms with E-state index in [1.54, 1.807) is 0 Å². The first-order valence-corrected chi connectivity index (χ1v) is 8.29. The molecule has 2 aliphatic rings. The van der Waals surface area contributed by atoms with Crippen LogP contribution in [0.2, 0.25) is 0 Å². The van der Waals surface area contributed by atoms with Gasteiger partial charge >= 0.3 is 6.18 Å². The second kappa shape index (κ2) is 10.4. The number of ether oxygens (including phenoxy) is 1. The molecule has 1 aliphatic heterocycles. The number of alkyl halides is 3. The van der Waals surface area contributed by atoms with Crippen molar-refractivity contribution in [3.63, 3.8) is 0 Å². The molecule has 1 aliphatic carbocycles. The molecule has 2 fully saturated rings. The largest absolute Gasteiger partial charge is 0.411 e. The Bertz CT molecular complexity index is 373. The fourth-order valence-corrected chi connectivity index (χ4v) is 2.62. The number of amides is 1. The zero-order chi connectivity index (χ0) is 16.7. The Kier molecular flexibility index (Phi) is 9.33. The van der Waals surface area contributed by atoms with Crippen LogP contribution in [0.1, 0.15) is 19.3 Å². The van der Waals surface area contributed by atoms with Crippen LogP contribution in [0.5, 0.6) is 0 Å². The average molecular weight is 374 g/mol. The summed E-state index contributed by atoms with van der Waals surface area (Å²) in [5, 5.41) is 3.20. The van der Waals surface area contributed by atoms with Crippen LogP contribution in [0.3, 0.4) is 0 Å². The van der Waals surface area contributed by atoms with Crippen molar-refractivity contribution in [1.29, 1.82) is 0 Å². The van der Waals surface area contributed by atoms with Gasteiger partial charge in [-0.1, -0.05) is 0 Å². The number of nitrogens with zero attached hydrogens (tertiary/aromatic N) is 2. The molecule has 1 amide bonds. The standard InChI is InChI=1S/C15H26F3N3O2.ClH/c16-15(17,18)12-23-9-1-4-20-5-7-21(8-6-20)14(22)11-19-10-13-2-3-13;/h13,19H,1-12H2;1H. The van der Waals surface area contributed by atoms with Crippen LogP contribution >= 0.6 is 12.4 Å². The van der Waals surface area contributed by atoms with E-state index in [-0.39, 0.29) is 24.9 Å². The summed E-state index contributed by atoms with van der Waals surface area (Å²) in [7, 11) is 0. The van der Waals surface area contributed by atoms with Gasteiger partial charge in [-0.15, -0.1) is 12.4 Å². The predicted molar refractivity (Wildman–Crippen MR) is 87.4 cm³/mol. The number of hydrogen-bond acceptors (Lipinski definition) is 4. The van der Waals surface area contributed by atoms with Crippen molar-refractivity contribution in [2.45, 2.75) is 25.4 Å². The lowest BCUT2D eigenvalue weighted by atomic mass is 10.3. The highest BCUT2D eigenvalue weighted by molar-refractivity contribution is 5.85. The lowest BCUT2D eigenvalue weighted by molar-refractivity contribution is -0.174. The zero-order valence-electron chi connectivity index (χ0n) is 13.8. The number of nitrogens with one attached hydrogen (secondary N) is 1. The van der Waals surface area contributed by atoms with Gasteiger partial charge < -0.3 is 15.0 Å². The highest BCUT2D eigenvalue weighted by atomic mass is 35.5. The smallest absolute Gasteiger partial charge is 0.372 e. The molecule has 1 N–H and O–H groups in total. The third-order valence-electron chi connectivity index (χ3n) is 4.16. The van der Waals surface area contributed by atoms with Crippen LogP contribution in [0.25, 0.3) is 0 Å². The van der Waals surface area contributed by atoms with Crippen molar-refractivity contribution in [3.05, 3.63) is 0 Å². The average Bonchev–Trinajstić information content (AvgIpc) is 3.30. The first kappa shape index (κ1) is 21.5. The summed E-state index contributed by atoms with van der Waals surface area (Å²) in [5.74, 6) is 0.901. The Hall–Kier alpha value is -0.570. The quantitative estimate of drug-likeness (QED) is 0.622. The van der Waals surface area contributed by atoms with E-state index in [4.69, 9.17) is 0 Å². The van der Waals surface area contributed by atoms with Gasteiger partial charge in [0.25, 0.3) is 0 Å². The summed E-state index contributed by atoms with van der Waals surface area (Å²) in [5.41, 5.74) is 0. The van der Waals surface area contributed by atoms with Crippen molar-refractivity contribution < 1.29 is 22.7 Å². The molecule has 0 radical (unpaired) electrons. The maximum absolute atomic E-state index is 12.0. The lowest BCUT2D eigenvalue weighted by Crippen LogP contribution is -2.51. The van der Waals surface area contributed by atoms with Crippen molar-refractivity contribution in [2.24, 2.45) is 5.92 Å². The highest BCUT2D eigenvalue weighted by Gasteiger charge is 2.27. The molecule has 0 aromatic heterocycles. The van der Waals surface area contributed by atoms with Crippen LogP contribution in [0, 0.1) is 5.92 Å². The third kappa shape index (κ3) is 9.05. The molecule has 0 bridgehead atoms. The molecule has 0 aromatic rings. The van der Waals surface area contributed by atoms with E-state index >= 15 is 0 Å². The van der Waals surface area contributed by atoms with Crippen LogP contribution in [0.4, 0.5) is 13.2 Å². The van der Waals surface area contributed by atoms with Gasteiger partial charge in [0.2, 0.25) is 5.91 Å². The number of rotatable bonds is 9. The molecule has 2 rings (SSSR count). The topological polar surface area (TPSA) is 44.8 Å². The van der Waals surface area contributed by atoms with E-state index in [0.717, 1.165) is 25.6 Å². The zero-order valence-corrected chi connectivity index (χ0v) is 14.6. The summed E-state index contributed by atoms with van der Waals surface area (Å²) in [6.45, 7) is 3.90. The van der Waals surface area contributed by atoms with E-state index in [2.05, 4.69) is 15.0 Å². The fourth-order valence-electron chi connectivity index (χ4n) is 2.62. The predicted octanol–water partition coefficient (Wildman–Crippen LogP) is 1.52. The van der Waals surface area contributed by atoms with Crippen LogP contribution in [0.15, 0.2) is 0 Å². The fraction of sp³-hybridized carbons (Fsp3) is 0.933. The molecule has 1 saturated carbocycles. The van der Waals surface area contributed by atoms with E-state index in [1.165, 1.54) is 12.8 Å². The van der Waals surface area contributed by atoms with E-state index < -0.39 is 12.8 Å². The van der Waals surface area contributed by atoms with Gasteiger partial charge in [0, 0.05) is 39.3 Å². The second-order valence-electron chi connectivity index (χ2n) is 6.32. The van der Waals surface area contributed by atoms with Gasteiger partial charge in [-0.05, 0) is 31.7 Å². The molecule has 1 saturated heterocycles. The molecule has 5 nitrogen and oxygen atoms in total. The minimum atomic E-state index is -4.25. The van der Waals surface area contributed by atoms with Gasteiger partial charge in [-0.25, -0.2) is 0 Å². The normalized spacial score (nSPS) is 19.2. The molecule has 9 heteroatoms. The van der Waals surface area contributed by atoms with Gasteiger partial charge in [0.1, 0.15) is 6.61 Å². The summed E-state index contributed by atoms with van der Waals surface area (Å²) in [6, 6.07) is 0. The first-order chi connectivity index (χ1) is 10.9. The number of carbonyl (C=O) groups is 1. The summed E-state index contributed by atoms with van der Waals surface area (Å²) >= 11 is 0.